The Bertz CT molecular complexity index is 1500. The number of rotatable bonds is 11. The molecule has 0 aliphatic carbocycles. The normalized spacial score (nSPS) is 22.6. The molecule has 3 aromatic rings. The molecule has 1 heterocycles. The summed E-state index contributed by atoms with van der Waals surface area (Å²) in [5.41, 5.74) is -2.43. The summed E-state index contributed by atoms with van der Waals surface area (Å²) in [6.45, 7) is 3.18. The number of benzene rings is 3. The van der Waals surface area contributed by atoms with E-state index in [1.165, 1.54) is 42.7 Å². The van der Waals surface area contributed by atoms with Gasteiger partial charge >= 0.3 is 24.1 Å². The fourth-order valence-electron chi connectivity index (χ4n) is 4.68. The van der Waals surface area contributed by atoms with Crippen LogP contribution in [0.25, 0.3) is 0 Å². The van der Waals surface area contributed by atoms with Crippen molar-refractivity contribution in [1.29, 1.82) is 0 Å². The lowest BCUT2D eigenvalue weighted by atomic mass is 9.90. The van der Waals surface area contributed by atoms with Gasteiger partial charge in [0.2, 0.25) is 0 Å². The summed E-state index contributed by atoms with van der Waals surface area (Å²) in [6.07, 6.45) is -9.19. The molecule has 0 amide bonds. The number of carbonyl (C=O) groups is 3. The molecule has 0 bridgehead atoms. The molecule has 1 aliphatic heterocycles. The molecular weight excluding hydrogens is 647 g/mol. The summed E-state index contributed by atoms with van der Waals surface area (Å²) in [7, 11) is 0. The molecule has 7 atom stereocenters. The zero-order valence-electron chi connectivity index (χ0n) is 24.5. The molecule has 4 rings (SSSR count). The molecule has 3 aromatic carbocycles. The molecule has 0 aromatic heterocycles. The van der Waals surface area contributed by atoms with Crippen LogP contribution in [0.4, 0.5) is 13.2 Å². The first-order valence-electron chi connectivity index (χ1n) is 13.7. The summed E-state index contributed by atoms with van der Waals surface area (Å²) < 4.78 is 80.6. The molecule has 0 saturated carbocycles. The van der Waals surface area contributed by atoms with Crippen LogP contribution in [0.5, 0.6) is 0 Å². The number of carbonyl (C=O) groups excluding carboxylic acids is 3. The Balaban J connectivity index is 1.85. The fraction of sp³-hybridized carbons (Fsp3) is 0.281. The highest BCUT2D eigenvalue weighted by molar-refractivity contribution is 7.99. The van der Waals surface area contributed by atoms with Crippen molar-refractivity contribution < 1.29 is 51.1 Å². The summed E-state index contributed by atoms with van der Waals surface area (Å²) in [5.74, 6) is -2.79. The third-order valence-electron chi connectivity index (χ3n) is 6.88. The minimum Gasteiger partial charge on any atom is -0.598 e. The Hall–Kier alpha value is -3.82. The number of hydrogen-bond acceptors (Lipinski definition) is 10. The van der Waals surface area contributed by atoms with Crippen LogP contribution in [0.2, 0.25) is 0 Å². The number of alkyl halides is 3. The van der Waals surface area contributed by atoms with E-state index in [0.29, 0.717) is 0 Å². The van der Waals surface area contributed by atoms with Crippen molar-refractivity contribution in [3.63, 3.8) is 0 Å². The monoisotopic (exact) mass is 677 g/mol. The van der Waals surface area contributed by atoms with Gasteiger partial charge in [0.1, 0.15) is 23.8 Å². The van der Waals surface area contributed by atoms with E-state index in [4.69, 9.17) is 18.9 Å². The number of esters is 3. The van der Waals surface area contributed by atoms with E-state index < -0.39 is 76.9 Å². The van der Waals surface area contributed by atoms with Crippen molar-refractivity contribution in [3.05, 3.63) is 120 Å². The van der Waals surface area contributed by atoms with Crippen LogP contribution < -0.4 is 4.72 Å². The number of nitrogens with one attached hydrogen (secondary N) is 1. The minimum atomic E-state index is -5.00. The van der Waals surface area contributed by atoms with Gasteiger partial charge in [-0.05, 0) is 42.7 Å². The van der Waals surface area contributed by atoms with E-state index in [-0.39, 0.29) is 16.7 Å². The Kier molecular flexibility index (Phi) is 11.9. The van der Waals surface area contributed by atoms with E-state index in [0.717, 1.165) is 18.0 Å². The van der Waals surface area contributed by atoms with Gasteiger partial charge in [-0.1, -0.05) is 61.2 Å². The van der Waals surface area contributed by atoms with E-state index in [1.54, 1.807) is 54.6 Å². The minimum absolute atomic E-state index is 0.0254. The molecule has 5 unspecified atom stereocenters. The second-order valence-corrected chi connectivity index (χ2v) is 12.1. The smallest absolute Gasteiger partial charge is 0.413 e. The standard InChI is InChI=1S/C32H30F3NO8S2/c1-19(32(33,34)35)23(36-46(3)40)24-25(41-28(37)20-13-7-4-8-14-20)26(42-29(38)21-15-9-5-10-16-21)27(31(44-24)45-2)43-30(39)22-17-11-6-12-18-22/h4-18,23-27,31,36H,1H2,2-3H3/t23-,24?,25?,26?,27?,31?,46-/m1/s1. The highest BCUT2D eigenvalue weighted by Crippen LogP contribution is 2.39. The first-order chi connectivity index (χ1) is 21.9. The molecule has 1 N–H and O–H groups in total. The molecule has 9 nitrogen and oxygen atoms in total. The SMILES string of the molecule is C=C([C@@H](N[S@@+](C)[O-])C1OC(SC)C(OC(=O)c2ccccc2)C(OC(=O)c2ccccc2)C1OC(=O)c1ccccc1)C(F)(F)F. The number of hydrogen-bond donors (Lipinski definition) is 1. The molecule has 46 heavy (non-hydrogen) atoms. The van der Waals surface area contributed by atoms with Gasteiger partial charge in [-0.25, -0.2) is 14.4 Å². The van der Waals surface area contributed by atoms with Crippen LogP contribution in [0.1, 0.15) is 31.1 Å². The lowest BCUT2D eigenvalue weighted by Crippen LogP contribution is -2.66. The Morgan fingerprint density at radius 2 is 1.20 bits per heavy atom. The highest BCUT2D eigenvalue weighted by atomic mass is 32.2. The van der Waals surface area contributed by atoms with Gasteiger partial charge < -0.3 is 23.5 Å². The van der Waals surface area contributed by atoms with Crippen molar-refractivity contribution in [2.24, 2.45) is 0 Å². The topological polar surface area (TPSA) is 123 Å². The summed E-state index contributed by atoms with van der Waals surface area (Å²) in [4.78, 5) is 40.1. The van der Waals surface area contributed by atoms with E-state index in [2.05, 4.69) is 11.3 Å². The second kappa shape index (κ2) is 15.6. The first kappa shape index (κ1) is 35.0. The van der Waals surface area contributed by atoms with Crippen LogP contribution >= 0.6 is 11.8 Å². The zero-order chi connectivity index (χ0) is 33.4. The Morgan fingerprint density at radius 1 is 0.804 bits per heavy atom. The van der Waals surface area contributed by atoms with E-state index in [9.17, 15) is 32.1 Å². The van der Waals surface area contributed by atoms with E-state index >= 15 is 0 Å². The van der Waals surface area contributed by atoms with Crippen molar-refractivity contribution in [2.75, 3.05) is 12.5 Å². The maximum Gasteiger partial charge on any atom is 0.413 e. The lowest BCUT2D eigenvalue weighted by Gasteiger charge is -2.46. The van der Waals surface area contributed by atoms with Gasteiger partial charge in [0, 0.05) is 11.4 Å². The van der Waals surface area contributed by atoms with Gasteiger partial charge in [0.25, 0.3) is 0 Å². The van der Waals surface area contributed by atoms with Gasteiger partial charge in [-0.3, -0.25) is 0 Å². The molecule has 1 aliphatic rings. The van der Waals surface area contributed by atoms with Crippen molar-refractivity contribution >= 4 is 41.0 Å². The van der Waals surface area contributed by atoms with Crippen molar-refractivity contribution in [1.82, 2.24) is 4.72 Å². The van der Waals surface area contributed by atoms with Crippen LogP contribution in [-0.4, -0.2) is 77.0 Å². The van der Waals surface area contributed by atoms with Crippen molar-refractivity contribution in [3.8, 4) is 0 Å². The molecule has 0 spiro atoms. The van der Waals surface area contributed by atoms with Gasteiger partial charge in [-0.2, -0.15) is 13.2 Å². The number of ether oxygens (including phenoxy) is 4. The summed E-state index contributed by atoms with van der Waals surface area (Å²) in [6, 6.07) is 21.1. The average molecular weight is 678 g/mol. The van der Waals surface area contributed by atoms with Crippen LogP contribution in [-0.2, 0) is 30.3 Å². The molecule has 0 radical (unpaired) electrons. The Morgan fingerprint density at radius 3 is 1.57 bits per heavy atom. The molecule has 14 heteroatoms. The number of halogens is 3. The zero-order valence-corrected chi connectivity index (χ0v) is 26.2. The van der Waals surface area contributed by atoms with Crippen LogP contribution in [0.3, 0.4) is 0 Å². The third-order valence-corrected chi connectivity index (χ3v) is 8.31. The van der Waals surface area contributed by atoms with Crippen LogP contribution in [0.15, 0.2) is 103 Å². The predicted octanol–water partition coefficient (Wildman–Crippen LogP) is 5.12. The second-order valence-electron chi connectivity index (χ2n) is 9.99. The molecule has 1 fully saturated rings. The summed E-state index contributed by atoms with van der Waals surface area (Å²) in [5, 5.41) is 0. The maximum absolute atomic E-state index is 14.1. The largest absolute Gasteiger partial charge is 0.598 e. The first-order valence-corrected chi connectivity index (χ1v) is 16.6. The molecular formula is C32H30F3NO8S2. The van der Waals surface area contributed by atoms with Crippen molar-refractivity contribution in [2.45, 2.75) is 42.1 Å². The third kappa shape index (κ3) is 8.70. The van der Waals surface area contributed by atoms with Crippen LogP contribution in [0, 0.1) is 0 Å². The average Bonchev–Trinajstić information content (AvgIpc) is 3.05. The molecule has 1 saturated heterocycles. The quantitative estimate of drug-likeness (QED) is 0.127. The highest BCUT2D eigenvalue weighted by Gasteiger charge is 2.57. The van der Waals surface area contributed by atoms with Gasteiger partial charge in [0.15, 0.2) is 18.3 Å². The summed E-state index contributed by atoms with van der Waals surface area (Å²) >= 11 is -1.11. The van der Waals surface area contributed by atoms with Gasteiger partial charge in [0.05, 0.1) is 22.3 Å². The lowest BCUT2D eigenvalue weighted by molar-refractivity contribution is -0.206. The Labute approximate surface area is 270 Å². The maximum atomic E-state index is 14.1. The fourth-order valence-corrected chi connectivity index (χ4v) is 6.03. The van der Waals surface area contributed by atoms with E-state index in [1.807, 2.05) is 0 Å². The molecule has 244 valence electrons. The predicted molar refractivity (Wildman–Crippen MR) is 165 cm³/mol. The number of thioether (sulfide) groups is 1. The van der Waals surface area contributed by atoms with Gasteiger partial charge in [-0.15, -0.1) is 16.5 Å².